The van der Waals surface area contributed by atoms with Crippen LogP contribution in [0, 0.1) is 25.7 Å². The molecule has 4 heteroatoms. The molecule has 2 rings (SSSR count). The van der Waals surface area contributed by atoms with Crippen molar-refractivity contribution in [1.82, 2.24) is 4.57 Å². The maximum absolute atomic E-state index is 12.3. The molecule has 1 heterocycles. The number of carbonyl (C=O) groups excluding carboxylic acids is 1. The topological polar surface area (TPSA) is 60.0 Å². The summed E-state index contributed by atoms with van der Waals surface area (Å²) in [5.74, 6) is 5.65. The van der Waals surface area contributed by atoms with Crippen molar-refractivity contribution in [2.24, 2.45) is 12.8 Å². The smallest absolute Gasteiger partial charge is 0.272 e. The van der Waals surface area contributed by atoms with Gasteiger partial charge in [0.2, 0.25) is 0 Å². The van der Waals surface area contributed by atoms with E-state index in [1.807, 2.05) is 55.8 Å². The first-order valence-corrected chi connectivity index (χ1v) is 6.76. The van der Waals surface area contributed by atoms with Crippen LogP contribution in [0.3, 0.4) is 0 Å². The van der Waals surface area contributed by atoms with Crippen LogP contribution in [0.2, 0.25) is 0 Å². The fourth-order valence-corrected chi connectivity index (χ4v) is 2.02. The van der Waals surface area contributed by atoms with E-state index in [0.717, 1.165) is 22.5 Å². The standard InChI is InChI=1S/C17H19N3O/c1-12-6-8-14(5-4-10-18)11-15(12)19-17(21)16-9-7-13(2)20(16)3/h6-9,11H,10,18H2,1-3H3,(H,19,21). The zero-order chi connectivity index (χ0) is 15.4. The molecule has 0 bridgehead atoms. The van der Waals surface area contributed by atoms with Crippen LogP contribution in [-0.2, 0) is 7.05 Å². The van der Waals surface area contributed by atoms with Gasteiger partial charge in [0.25, 0.3) is 5.91 Å². The third kappa shape index (κ3) is 3.33. The molecule has 0 aliphatic rings. The fourth-order valence-electron chi connectivity index (χ4n) is 2.02. The lowest BCUT2D eigenvalue weighted by Crippen LogP contribution is -2.16. The van der Waals surface area contributed by atoms with Crippen LogP contribution in [0.4, 0.5) is 5.69 Å². The zero-order valence-corrected chi connectivity index (χ0v) is 12.5. The highest BCUT2D eigenvalue weighted by atomic mass is 16.1. The maximum atomic E-state index is 12.3. The Bertz CT molecular complexity index is 732. The average molecular weight is 281 g/mol. The lowest BCUT2D eigenvalue weighted by molar-refractivity contribution is 0.101. The van der Waals surface area contributed by atoms with E-state index < -0.39 is 0 Å². The van der Waals surface area contributed by atoms with Crippen LogP contribution in [-0.4, -0.2) is 17.0 Å². The number of anilines is 1. The third-order valence-electron chi connectivity index (χ3n) is 3.43. The number of carbonyl (C=O) groups is 1. The molecule has 0 saturated heterocycles. The number of amides is 1. The molecule has 108 valence electrons. The van der Waals surface area contributed by atoms with E-state index in [1.165, 1.54) is 0 Å². The van der Waals surface area contributed by atoms with Gasteiger partial charge in [-0.25, -0.2) is 0 Å². The SMILES string of the molecule is Cc1ccc(C#CCN)cc1NC(=O)c1ccc(C)n1C. The molecule has 0 aliphatic carbocycles. The summed E-state index contributed by atoms with van der Waals surface area (Å²) in [5, 5.41) is 2.94. The van der Waals surface area contributed by atoms with Gasteiger partial charge >= 0.3 is 0 Å². The highest BCUT2D eigenvalue weighted by molar-refractivity contribution is 6.03. The van der Waals surface area contributed by atoms with Gasteiger partial charge in [-0.2, -0.15) is 0 Å². The van der Waals surface area contributed by atoms with E-state index in [9.17, 15) is 4.79 Å². The molecule has 21 heavy (non-hydrogen) atoms. The summed E-state index contributed by atoms with van der Waals surface area (Å²) >= 11 is 0. The summed E-state index contributed by atoms with van der Waals surface area (Å²) in [6, 6.07) is 9.46. The van der Waals surface area contributed by atoms with E-state index >= 15 is 0 Å². The fraction of sp³-hybridized carbons (Fsp3) is 0.235. The van der Waals surface area contributed by atoms with Crippen molar-refractivity contribution in [2.45, 2.75) is 13.8 Å². The van der Waals surface area contributed by atoms with Crippen molar-refractivity contribution in [3.8, 4) is 11.8 Å². The van der Waals surface area contributed by atoms with Gasteiger partial charge in [-0.3, -0.25) is 4.79 Å². The molecule has 0 radical (unpaired) electrons. The Balaban J connectivity index is 2.26. The van der Waals surface area contributed by atoms with Gasteiger partial charge in [-0.15, -0.1) is 0 Å². The maximum Gasteiger partial charge on any atom is 0.272 e. The summed E-state index contributed by atoms with van der Waals surface area (Å²) < 4.78 is 1.86. The number of nitrogens with zero attached hydrogens (tertiary/aromatic N) is 1. The number of nitrogens with one attached hydrogen (secondary N) is 1. The van der Waals surface area contributed by atoms with Crippen molar-refractivity contribution < 1.29 is 4.79 Å². The first-order valence-electron chi connectivity index (χ1n) is 6.76. The highest BCUT2D eigenvalue weighted by Crippen LogP contribution is 2.18. The predicted octanol–water partition coefficient (Wildman–Crippen LogP) is 2.20. The van der Waals surface area contributed by atoms with Gasteiger partial charge in [-0.05, 0) is 43.7 Å². The molecular formula is C17H19N3O. The third-order valence-corrected chi connectivity index (χ3v) is 3.43. The van der Waals surface area contributed by atoms with Crippen LogP contribution in [0.25, 0.3) is 0 Å². The number of rotatable bonds is 2. The first-order chi connectivity index (χ1) is 10.0. The number of aryl methyl sites for hydroxylation is 2. The van der Waals surface area contributed by atoms with E-state index in [1.54, 1.807) is 0 Å². The van der Waals surface area contributed by atoms with Crippen LogP contribution in [0.15, 0.2) is 30.3 Å². The second-order valence-electron chi connectivity index (χ2n) is 4.91. The van der Waals surface area contributed by atoms with Crippen LogP contribution < -0.4 is 11.1 Å². The lowest BCUT2D eigenvalue weighted by Gasteiger charge is -2.10. The molecule has 0 atom stereocenters. The lowest BCUT2D eigenvalue weighted by atomic mass is 10.1. The monoisotopic (exact) mass is 281 g/mol. The van der Waals surface area contributed by atoms with Crippen molar-refractivity contribution in [1.29, 1.82) is 0 Å². The summed E-state index contributed by atoms with van der Waals surface area (Å²) in [6.07, 6.45) is 0. The van der Waals surface area contributed by atoms with Gasteiger partial charge in [0, 0.05) is 24.0 Å². The number of hydrogen-bond donors (Lipinski definition) is 2. The predicted molar refractivity (Wildman–Crippen MR) is 85.2 cm³/mol. The van der Waals surface area contributed by atoms with Crippen LogP contribution >= 0.6 is 0 Å². The largest absolute Gasteiger partial charge is 0.344 e. The second kappa shape index (κ2) is 6.29. The average Bonchev–Trinajstić information content (AvgIpc) is 2.80. The molecule has 0 saturated carbocycles. The Labute approximate surface area is 125 Å². The number of benzene rings is 1. The number of hydrogen-bond acceptors (Lipinski definition) is 2. The molecule has 3 N–H and O–H groups in total. The van der Waals surface area contributed by atoms with Crippen molar-refractivity contribution in [3.05, 3.63) is 52.8 Å². The molecule has 0 aliphatic heterocycles. The molecule has 0 spiro atoms. The second-order valence-corrected chi connectivity index (χ2v) is 4.91. The summed E-state index contributed by atoms with van der Waals surface area (Å²) in [4.78, 5) is 12.3. The van der Waals surface area contributed by atoms with Gasteiger partial charge < -0.3 is 15.6 Å². The Morgan fingerprint density at radius 1 is 1.29 bits per heavy atom. The molecule has 2 aromatic rings. The number of aromatic nitrogens is 1. The Hall–Kier alpha value is -2.51. The van der Waals surface area contributed by atoms with Gasteiger partial charge in [0.1, 0.15) is 5.69 Å². The van der Waals surface area contributed by atoms with E-state index in [2.05, 4.69) is 17.2 Å². The molecule has 0 unspecified atom stereocenters. The Morgan fingerprint density at radius 3 is 2.67 bits per heavy atom. The first kappa shape index (κ1) is 14.9. The van der Waals surface area contributed by atoms with Gasteiger partial charge in [0.05, 0.1) is 6.54 Å². The molecule has 1 amide bonds. The quantitative estimate of drug-likeness (QED) is 0.829. The highest BCUT2D eigenvalue weighted by Gasteiger charge is 2.12. The molecule has 4 nitrogen and oxygen atoms in total. The van der Waals surface area contributed by atoms with E-state index in [4.69, 9.17) is 5.73 Å². The van der Waals surface area contributed by atoms with Crippen LogP contribution in [0.5, 0.6) is 0 Å². The molecule has 0 fully saturated rings. The normalized spacial score (nSPS) is 9.90. The summed E-state index contributed by atoms with van der Waals surface area (Å²) in [7, 11) is 1.88. The Morgan fingerprint density at radius 2 is 2.05 bits per heavy atom. The molecule has 1 aromatic heterocycles. The van der Waals surface area contributed by atoms with E-state index in [0.29, 0.717) is 12.2 Å². The van der Waals surface area contributed by atoms with Gasteiger partial charge in [-0.1, -0.05) is 17.9 Å². The molecular weight excluding hydrogens is 262 g/mol. The van der Waals surface area contributed by atoms with Crippen molar-refractivity contribution in [2.75, 3.05) is 11.9 Å². The summed E-state index contributed by atoms with van der Waals surface area (Å²) in [6.45, 7) is 4.23. The zero-order valence-electron chi connectivity index (χ0n) is 12.5. The minimum Gasteiger partial charge on any atom is -0.344 e. The summed E-state index contributed by atoms with van der Waals surface area (Å²) in [5.41, 5.74) is 9.64. The van der Waals surface area contributed by atoms with Crippen LogP contribution in [0.1, 0.15) is 27.3 Å². The minimum absolute atomic E-state index is 0.127. The van der Waals surface area contributed by atoms with Gasteiger partial charge in [0.15, 0.2) is 0 Å². The van der Waals surface area contributed by atoms with E-state index in [-0.39, 0.29) is 5.91 Å². The Kier molecular flexibility index (Phi) is 4.46. The number of nitrogens with two attached hydrogens (primary N) is 1. The minimum atomic E-state index is -0.127. The molecule has 1 aromatic carbocycles. The van der Waals surface area contributed by atoms with Crippen molar-refractivity contribution >= 4 is 11.6 Å². The van der Waals surface area contributed by atoms with Crippen molar-refractivity contribution in [3.63, 3.8) is 0 Å².